The molecule has 1 N–H and O–H groups in total. The third-order valence-electron chi connectivity index (χ3n) is 6.14. The van der Waals surface area contributed by atoms with Crippen LogP contribution in [0.5, 0.6) is 0 Å². The monoisotopic (exact) mass is 522 g/mol. The molecule has 1 atom stereocenters. The first-order valence-electron chi connectivity index (χ1n) is 12.5. The molecule has 0 bridgehead atoms. The Morgan fingerprint density at radius 3 is 2.31 bits per heavy atom. The summed E-state index contributed by atoms with van der Waals surface area (Å²) in [5.74, 6) is 0.743. The van der Waals surface area contributed by atoms with Crippen molar-refractivity contribution in [2.45, 2.75) is 51.4 Å². The molecule has 0 saturated heterocycles. The molecule has 4 nitrogen and oxygen atoms in total. The Kier molecular flexibility index (Phi) is 11.4. The lowest BCUT2D eigenvalue weighted by atomic mass is 10.0. The fraction of sp³-hybridized carbons (Fsp3) is 0.333. The van der Waals surface area contributed by atoms with E-state index in [0.717, 1.165) is 35.1 Å². The van der Waals surface area contributed by atoms with Gasteiger partial charge in [0, 0.05) is 30.3 Å². The van der Waals surface area contributed by atoms with Gasteiger partial charge < -0.3 is 10.2 Å². The van der Waals surface area contributed by atoms with Gasteiger partial charge in [0.25, 0.3) is 0 Å². The molecular weight excluding hydrogens is 488 g/mol. The predicted molar refractivity (Wildman–Crippen MR) is 151 cm³/mol. The van der Waals surface area contributed by atoms with Crippen LogP contribution in [0.2, 0.25) is 5.02 Å². The van der Waals surface area contributed by atoms with Crippen LogP contribution in [0.4, 0.5) is 0 Å². The Bertz CT molecular complexity index is 1120. The van der Waals surface area contributed by atoms with Crippen molar-refractivity contribution in [1.82, 2.24) is 10.2 Å². The van der Waals surface area contributed by atoms with E-state index in [1.807, 2.05) is 85.8 Å². The maximum absolute atomic E-state index is 13.7. The van der Waals surface area contributed by atoms with E-state index in [1.54, 1.807) is 4.90 Å². The lowest BCUT2D eigenvalue weighted by Gasteiger charge is -2.32. The first-order valence-corrected chi connectivity index (χ1v) is 14.0. The summed E-state index contributed by atoms with van der Waals surface area (Å²) >= 11 is 7.83. The van der Waals surface area contributed by atoms with Crippen LogP contribution in [0.15, 0.2) is 78.9 Å². The molecule has 3 rings (SSSR count). The molecule has 0 aliphatic rings. The highest BCUT2D eigenvalue weighted by atomic mass is 35.5. The van der Waals surface area contributed by atoms with Gasteiger partial charge >= 0.3 is 0 Å². The molecule has 2 amide bonds. The second kappa shape index (κ2) is 14.7. The smallest absolute Gasteiger partial charge is 0.243 e. The SMILES string of the molecule is CCCCNC(=O)[C@H](Cc1ccccc1)N(Cc1ccccc1C)C(=O)CSCc1ccccc1Cl. The number of nitrogens with zero attached hydrogens (tertiary/aromatic N) is 1. The van der Waals surface area contributed by atoms with Crippen molar-refractivity contribution in [2.75, 3.05) is 12.3 Å². The molecule has 0 aliphatic carbocycles. The molecule has 0 saturated carbocycles. The number of hydrogen-bond acceptors (Lipinski definition) is 3. The number of unbranched alkanes of at least 4 members (excludes halogenated alkanes) is 1. The largest absolute Gasteiger partial charge is 0.354 e. The van der Waals surface area contributed by atoms with Crippen molar-refractivity contribution in [1.29, 1.82) is 0 Å². The number of carbonyl (C=O) groups is 2. The van der Waals surface area contributed by atoms with Crippen LogP contribution >= 0.6 is 23.4 Å². The number of carbonyl (C=O) groups excluding carboxylic acids is 2. The number of hydrogen-bond donors (Lipinski definition) is 1. The average molecular weight is 523 g/mol. The fourth-order valence-corrected chi connectivity index (χ4v) is 5.17. The molecule has 0 heterocycles. The molecule has 3 aromatic carbocycles. The van der Waals surface area contributed by atoms with Crippen molar-refractivity contribution in [3.63, 3.8) is 0 Å². The number of nitrogens with one attached hydrogen (secondary N) is 1. The van der Waals surface area contributed by atoms with E-state index in [9.17, 15) is 9.59 Å². The minimum atomic E-state index is -0.600. The van der Waals surface area contributed by atoms with Crippen LogP contribution in [-0.4, -0.2) is 35.1 Å². The maximum Gasteiger partial charge on any atom is 0.243 e. The second-order valence-electron chi connectivity index (χ2n) is 8.88. The van der Waals surface area contributed by atoms with Gasteiger partial charge in [-0.3, -0.25) is 9.59 Å². The van der Waals surface area contributed by atoms with Crippen LogP contribution in [-0.2, 0) is 28.3 Å². The number of halogens is 1. The first-order chi connectivity index (χ1) is 17.5. The van der Waals surface area contributed by atoms with E-state index >= 15 is 0 Å². The summed E-state index contributed by atoms with van der Waals surface area (Å²) < 4.78 is 0. The van der Waals surface area contributed by atoms with Crippen molar-refractivity contribution in [3.8, 4) is 0 Å². The molecule has 190 valence electrons. The summed E-state index contributed by atoms with van der Waals surface area (Å²) in [6.45, 7) is 5.13. The molecular formula is C30H35ClN2O2S. The van der Waals surface area contributed by atoms with Gasteiger partial charge in [-0.2, -0.15) is 0 Å². The van der Waals surface area contributed by atoms with Crippen molar-refractivity contribution >= 4 is 35.2 Å². The molecule has 0 aromatic heterocycles. The lowest BCUT2D eigenvalue weighted by molar-refractivity contribution is -0.139. The number of thioether (sulfide) groups is 1. The first kappa shape index (κ1) is 27.8. The normalized spacial score (nSPS) is 11.6. The quantitative estimate of drug-likeness (QED) is 0.263. The Morgan fingerprint density at radius 1 is 0.944 bits per heavy atom. The summed E-state index contributed by atoms with van der Waals surface area (Å²) in [6.07, 6.45) is 2.36. The van der Waals surface area contributed by atoms with Gasteiger partial charge in [-0.25, -0.2) is 0 Å². The predicted octanol–water partition coefficient (Wildman–Crippen LogP) is 6.44. The van der Waals surface area contributed by atoms with Gasteiger partial charge in [0.05, 0.1) is 5.75 Å². The molecule has 0 fully saturated rings. The number of benzene rings is 3. The summed E-state index contributed by atoms with van der Waals surface area (Å²) in [7, 11) is 0. The standard InChI is InChI=1S/C30H35ClN2O2S/c1-3-4-18-32-30(35)28(19-24-13-6-5-7-14-24)33(20-25-15-9-8-12-23(25)2)29(34)22-36-21-26-16-10-11-17-27(26)31/h5-17,28H,3-4,18-22H2,1-2H3,(H,32,35)/t28-/m0/s1. The molecule has 0 spiro atoms. The molecule has 0 aliphatic heterocycles. The second-order valence-corrected chi connectivity index (χ2v) is 10.3. The fourth-order valence-electron chi connectivity index (χ4n) is 3.98. The Morgan fingerprint density at radius 2 is 1.61 bits per heavy atom. The third kappa shape index (κ3) is 8.42. The lowest BCUT2D eigenvalue weighted by Crippen LogP contribution is -2.51. The molecule has 3 aromatic rings. The van der Waals surface area contributed by atoms with Crippen molar-refractivity contribution < 1.29 is 9.59 Å². The van der Waals surface area contributed by atoms with Gasteiger partial charge in [-0.05, 0) is 41.7 Å². The van der Waals surface area contributed by atoms with Crippen molar-refractivity contribution in [2.24, 2.45) is 0 Å². The van der Waals surface area contributed by atoms with Gasteiger partial charge in [0.2, 0.25) is 11.8 Å². The minimum absolute atomic E-state index is 0.0538. The van der Waals surface area contributed by atoms with Crippen molar-refractivity contribution in [3.05, 3.63) is 106 Å². The van der Waals surface area contributed by atoms with E-state index in [4.69, 9.17) is 11.6 Å². The van der Waals surface area contributed by atoms with E-state index in [1.165, 1.54) is 11.8 Å². The number of aryl methyl sites for hydroxylation is 1. The molecule has 0 unspecified atom stereocenters. The summed E-state index contributed by atoms with van der Waals surface area (Å²) in [4.78, 5) is 28.9. The molecule has 6 heteroatoms. The van der Waals surface area contributed by atoms with E-state index in [-0.39, 0.29) is 17.6 Å². The molecule has 36 heavy (non-hydrogen) atoms. The zero-order valence-corrected chi connectivity index (χ0v) is 22.7. The Balaban J connectivity index is 1.85. The Hall–Kier alpha value is -2.76. The molecule has 0 radical (unpaired) electrons. The summed E-state index contributed by atoms with van der Waals surface area (Å²) in [5.41, 5.74) is 4.17. The van der Waals surface area contributed by atoms with Crippen LogP contribution in [0, 0.1) is 6.92 Å². The minimum Gasteiger partial charge on any atom is -0.354 e. The van der Waals surface area contributed by atoms with Gasteiger partial charge in [-0.1, -0.05) is 97.7 Å². The summed E-state index contributed by atoms with van der Waals surface area (Å²) in [6, 6.07) is 25.0. The van der Waals surface area contributed by atoms with Crippen LogP contribution < -0.4 is 5.32 Å². The maximum atomic E-state index is 13.7. The average Bonchev–Trinajstić information content (AvgIpc) is 2.89. The highest BCUT2D eigenvalue weighted by Gasteiger charge is 2.30. The zero-order valence-electron chi connectivity index (χ0n) is 21.1. The van der Waals surface area contributed by atoms with Crippen LogP contribution in [0.1, 0.15) is 42.0 Å². The Labute approximate surface area is 224 Å². The number of rotatable bonds is 13. The number of amides is 2. The summed E-state index contributed by atoms with van der Waals surface area (Å²) in [5, 5.41) is 3.77. The van der Waals surface area contributed by atoms with Crippen LogP contribution in [0.25, 0.3) is 0 Å². The highest BCUT2D eigenvalue weighted by molar-refractivity contribution is 7.99. The third-order valence-corrected chi connectivity index (χ3v) is 7.48. The van der Waals surface area contributed by atoms with E-state index < -0.39 is 6.04 Å². The zero-order chi connectivity index (χ0) is 25.8. The van der Waals surface area contributed by atoms with E-state index in [2.05, 4.69) is 12.2 Å². The van der Waals surface area contributed by atoms with Crippen LogP contribution in [0.3, 0.4) is 0 Å². The van der Waals surface area contributed by atoms with E-state index in [0.29, 0.717) is 30.3 Å². The van der Waals surface area contributed by atoms with Gasteiger partial charge in [0.1, 0.15) is 6.04 Å². The van der Waals surface area contributed by atoms with Gasteiger partial charge in [0.15, 0.2) is 0 Å². The topological polar surface area (TPSA) is 49.4 Å². The van der Waals surface area contributed by atoms with Gasteiger partial charge in [-0.15, -0.1) is 11.8 Å². The highest BCUT2D eigenvalue weighted by Crippen LogP contribution is 2.23.